The van der Waals surface area contributed by atoms with Crippen molar-refractivity contribution in [2.45, 2.75) is 53.4 Å². The standard InChI is InChI=1S/C35H34N4O11S2/c1-50-35(41)33(22-25-8-4-2-5-9-25)37(52(48,49)31-19-14-28(15-20-31)39(44)45)29-16-21-34(40)32(23-29)36(24-26-10-6-3-7-11-26)51(46,47)30-17-12-27(13-18-30)38(42)43/h2-21,29,32-34,40H,22-24H2,1H3/t29-,32-,33-,34+/m0/s1. The molecule has 0 heterocycles. The van der Waals surface area contributed by atoms with Gasteiger partial charge in [0.25, 0.3) is 11.4 Å². The maximum Gasteiger partial charge on any atom is 0.324 e. The monoisotopic (exact) mass is 750 g/mol. The van der Waals surface area contributed by atoms with Crippen molar-refractivity contribution in [3.8, 4) is 0 Å². The number of non-ortho nitro benzene ring substituents is 2. The Bertz CT molecular complexity index is 2150. The molecule has 52 heavy (non-hydrogen) atoms. The fourth-order valence-corrected chi connectivity index (χ4v) is 9.39. The highest BCUT2D eigenvalue weighted by Gasteiger charge is 2.46. The molecule has 0 bridgehead atoms. The van der Waals surface area contributed by atoms with E-state index in [1.807, 2.05) is 0 Å². The van der Waals surface area contributed by atoms with Crippen molar-refractivity contribution in [3.05, 3.63) is 153 Å². The van der Waals surface area contributed by atoms with E-state index in [1.54, 1.807) is 60.7 Å². The van der Waals surface area contributed by atoms with Gasteiger partial charge in [-0.15, -0.1) is 0 Å². The Balaban J connectivity index is 1.64. The highest BCUT2D eigenvalue weighted by atomic mass is 32.2. The molecule has 0 unspecified atom stereocenters. The molecule has 0 aliphatic heterocycles. The van der Waals surface area contributed by atoms with Gasteiger partial charge in [-0.1, -0.05) is 72.8 Å². The number of carbonyl (C=O) groups is 1. The van der Waals surface area contributed by atoms with Crippen molar-refractivity contribution < 1.29 is 41.3 Å². The third-order valence-electron chi connectivity index (χ3n) is 8.62. The van der Waals surface area contributed by atoms with Crippen LogP contribution in [0.25, 0.3) is 0 Å². The SMILES string of the molecule is COC(=O)[C@H](Cc1ccccc1)N([C@H]1C=C[C@@H](O)[C@@H](N(Cc2ccccc2)S(=O)(=O)c2ccc([N+](=O)[O-])cc2)C1)S(=O)(=O)c1ccc([N+](=O)[O-])cc1. The van der Waals surface area contributed by atoms with Crippen molar-refractivity contribution in [2.75, 3.05) is 7.11 Å². The first-order valence-electron chi connectivity index (χ1n) is 15.8. The molecule has 4 atom stereocenters. The van der Waals surface area contributed by atoms with Crippen LogP contribution in [0.5, 0.6) is 0 Å². The number of rotatable bonds is 14. The summed E-state index contributed by atoms with van der Waals surface area (Å²) >= 11 is 0. The van der Waals surface area contributed by atoms with Gasteiger partial charge in [-0.3, -0.25) is 25.0 Å². The van der Waals surface area contributed by atoms with Gasteiger partial charge in [0, 0.05) is 36.9 Å². The van der Waals surface area contributed by atoms with Crippen LogP contribution in [-0.2, 0) is 42.5 Å². The van der Waals surface area contributed by atoms with E-state index in [0.29, 0.717) is 11.1 Å². The second-order valence-electron chi connectivity index (χ2n) is 11.8. The number of sulfonamides is 2. The van der Waals surface area contributed by atoms with Crippen LogP contribution in [-0.4, -0.2) is 77.7 Å². The first-order valence-corrected chi connectivity index (χ1v) is 18.7. The van der Waals surface area contributed by atoms with E-state index in [1.165, 1.54) is 12.2 Å². The minimum Gasteiger partial charge on any atom is -0.468 e. The molecule has 0 radical (unpaired) electrons. The summed E-state index contributed by atoms with van der Waals surface area (Å²) in [6.45, 7) is -0.276. The summed E-state index contributed by atoms with van der Waals surface area (Å²) in [5.74, 6) is -0.926. The van der Waals surface area contributed by atoms with Gasteiger partial charge < -0.3 is 9.84 Å². The lowest BCUT2D eigenvalue weighted by Crippen LogP contribution is -2.56. The number of aliphatic hydroxyl groups excluding tert-OH is 1. The molecule has 4 aromatic carbocycles. The lowest BCUT2D eigenvalue weighted by atomic mass is 9.93. The number of esters is 1. The smallest absolute Gasteiger partial charge is 0.324 e. The average Bonchev–Trinajstić information content (AvgIpc) is 3.14. The summed E-state index contributed by atoms with van der Waals surface area (Å²) in [6, 6.07) is 21.2. The summed E-state index contributed by atoms with van der Waals surface area (Å²) in [5.41, 5.74) is 0.393. The van der Waals surface area contributed by atoms with Crippen LogP contribution < -0.4 is 0 Å². The Morgan fingerprint density at radius 2 is 1.25 bits per heavy atom. The third-order valence-corrected chi connectivity index (χ3v) is 12.4. The van der Waals surface area contributed by atoms with E-state index in [2.05, 4.69) is 0 Å². The lowest BCUT2D eigenvalue weighted by molar-refractivity contribution is -0.385. The molecule has 4 aromatic rings. The number of hydrogen-bond donors (Lipinski definition) is 1. The first-order chi connectivity index (χ1) is 24.7. The van der Waals surface area contributed by atoms with Gasteiger partial charge in [-0.25, -0.2) is 16.8 Å². The van der Waals surface area contributed by atoms with Gasteiger partial charge in [0.2, 0.25) is 20.0 Å². The molecule has 0 saturated heterocycles. The maximum absolute atomic E-state index is 14.6. The molecule has 1 aliphatic rings. The summed E-state index contributed by atoms with van der Waals surface area (Å²) in [4.78, 5) is 34.1. The molecule has 0 amide bonds. The second kappa shape index (κ2) is 15.9. The Hall–Kier alpha value is -5.33. The molecule has 0 fully saturated rings. The van der Waals surface area contributed by atoms with E-state index in [-0.39, 0.29) is 40.6 Å². The highest BCUT2D eigenvalue weighted by molar-refractivity contribution is 7.89. The number of hydrogen-bond acceptors (Lipinski definition) is 11. The fraction of sp³-hybridized carbons (Fsp3) is 0.229. The van der Waals surface area contributed by atoms with Crippen LogP contribution in [0, 0.1) is 20.2 Å². The zero-order valence-electron chi connectivity index (χ0n) is 27.6. The summed E-state index contributed by atoms with van der Waals surface area (Å²) in [5, 5.41) is 34.0. The first kappa shape index (κ1) is 37.9. The zero-order chi connectivity index (χ0) is 37.6. The largest absolute Gasteiger partial charge is 0.468 e. The molecule has 0 spiro atoms. The van der Waals surface area contributed by atoms with E-state index in [4.69, 9.17) is 4.74 Å². The van der Waals surface area contributed by atoms with Crippen molar-refractivity contribution >= 4 is 37.4 Å². The van der Waals surface area contributed by atoms with Crippen molar-refractivity contribution in [1.29, 1.82) is 0 Å². The van der Waals surface area contributed by atoms with Crippen molar-refractivity contribution in [2.24, 2.45) is 0 Å². The minimum absolute atomic E-state index is 0.161. The summed E-state index contributed by atoms with van der Waals surface area (Å²) in [7, 11) is -8.12. The van der Waals surface area contributed by atoms with Crippen LogP contribution in [0.15, 0.2) is 131 Å². The van der Waals surface area contributed by atoms with Crippen LogP contribution in [0.2, 0.25) is 0 Å². The maximum atomic E-state index is 14.6. The molecule has 272 valence electrons. The van der Waals surface area contributed by atoms with E-state index >= 15 is 0 Å². The topological polar surface area (TPSA) is 208 Å². The number of benzene rings is 4. The molecule has 5 rings (SSSR count). The number of nitrogens with zero attached hydrogens (tertiary/aromatic N) is 4. The van der Waals surface area contributed by atoms with Crippen molar-refractivity contribution in [3.63, 3.8) is 0 Å². The quantitative estimate of drug-likeness (QED) is 0.0835. The summed E-state index contributed by atoms with van der Waals surface area (Å²) in [6.07, 6.45) is 0.640. The molecule has 15 nitrogen and oxygen atoms in total. The highest BCUT2D eigenvalue weighted by Crippen LogP contribution is 2.34. The van der Waals surface area contributed by atoms with Gasteiger partial charge in [0.05, 0.1) is 38.9 Å². The number of nitro groups is 2. The van der Waals surface area contributed by atoms with Crippen LogP contribution in [0.1, 0.15) is 17.5 Å². The van der Waals surface area contributed by atoms with Gasteiger partial charge in [-0.05, 0) is 48.2 Å². The normalized spacial score (nSPS) is 18.2. The third kappa shape index (κ3) is 8.24. The minimum atomic E-state index is -4.70. The Morgan fingerprint density at radius 3 is 1.73 bits per heavy atom. The lowest BCUT2D eigenvalue weighted by Gasteiger charge is -2.42. The van der Waals surface area contributed by atoms with Gasteiger partial charge in [-0.2, -0.15) is 8.61 Å². The summed E-state index contributed by atoms with van der Waals surface area (Å²) < 4.78 is 64.8. The van der Waals surface area contributed by atoms with Crippen LogP contribution in [0.4, 0.5) is 11.4 Å². The fourth-order valence-electron chi connectivity index (χ4n) is 6.02. The Labute approximate surface area is 299 Å². The predicted molar refractivity (Wildman–Crippen MR) is 188 cm³/mol. The number of methoxy groups -OCH3 is 1. The van der Waals surface area contributed by atoms with E-state index in [0.717, 1.165) is 64.3 Å². The molecular weight excluding hydrogens is 717 g/mol. The van der Waals surface area contributed by atoms with Gasteiger partial charge >= 0.3 is 5.97 Å². The molecule has 0 saturated carbocycles. The predicted octanol–water partition coefficient (Wildman–Crippen LogP) is 4.23. The van der Waals surface area contributed by atoms with Gasteiger partial charge in [0.1, 0.15) is 6.04 Å². The molecular formula is C35H34N4O11S2. The second-order valence-corrected chi connectivity index (χ2v) is 15.6. The average molecular weight is 751 g/mol. The Kier molecular flexibility index (Phi) is 11.6. The van der Waals surface area contributed by atoms with E-state index < -0.39 is 60.1 Å². The van der Waals surface area contributed by atoms with E-state index in [9.17, 15) is 47.0 Å². The van der Waals surface area contributed by atoms with Crippen LogP contribution >= 0.6 is 0 Å². The molecule has 1 N–H and O–H groups in total. The number of ether oxygens (including phenoxy) is 1. The molecule has 0 aromatic heterocycles. The zero-order valence-corrected chi connectivity index (χ0v) is 29.2. The Morgan fingerprint density at radius 1 is 0.769 bits per heavy atom. The van der Waals surface area contributed by atoms with Crippen LogP contribution in [0.3, 0.4) is 0 Å². The molecule has 1 aliphatic carbocycles. The number of carbonyl (C=O) groups excluding carboxylic acids is 1. The van der Waals surface area contributed by atoms with Crippen molar-refractivity contribution in [1.82, 2.24) is 8.61 Å². The number of aliphatic hydroxyl groups is 1. The number of nitro benzene ring substituents is 2. The van der Waals surface area contributed by atoms with Gasteiger partial charge in [0.15, 0.2) is 0 Å². The molecule has 17 heteroatoms.